The first-order valence-electron chi connectivity index (χ1n) is 2.96. The third-order valence-corrected chi connectivity index (χ3v) is 1.29. The van der Waals surface area contributed by atoms with Crippen molar-refractivity contribution in [3.63, 3.8) is 0 Å². The van der Waals surface area contributed by atoms with Crippen LogP contribution in [0.25, 0.3) is 0 Å². The molecule has 1 heterocycles. The molecule has 1 rings (SSSR count). The fraction of sp³-hybridized carbons (Fsp3) is 0.143. The van der Waals surface area contributed by atoms with Crippen molar-refractivity contribution in [1.82, 2.24) is 0 Å². The molecule has 0 saturated carbocycles. The number of aromatic nitrogens is 1. The van der Waals surface area contributed by atoms with Crippen LogP contribution in [0.4, 0.5) is 0 Å². The first-order valence-corrected chi connectivity index (χ1v) is 2.96. The quantitative estimate of drug-likeness (QED) is 0.213. The van der Waals surface area contributed by atoms with Crippen LogP contribution >= 0.6 is 0 Å². The third-order valence-electron chi connectivity index (χ3n) is 1.29. The lowest BCUT2D eigenvalue weighted by molar-refractivity contribution is -0.672. The van der Waals surface area contributed by atoms with E-state index in [1.54, 1.807) is 0 Å². The van der Waals surface area contributed by atoms with Crippen LogP contribution in [0.5, 0.6) is 0 Å². The second-order valence-electron chi connectivity index (χ2n) is 1.98. The van der Waals surface area contributed by atoms with E-state index in [0.29, 0.717) is 0 Å². The van der Waals surface area contributed by atoms with Gasteiger partial charge >= 0.3 is 0 Å². The van der Waals surface area contributed by atoms with Gasteiger partial charge in [-0.1, -0.05) is 5.16 Å². The summed E-state index contributed by atoms with van der Waals surface area (Å²) in [5, 5.41) is 11.1. The Balaban J connectivity index is 0.000001000. The normalized spacial score (nSPS) is 9.55. The zero-order chi connectivity index (χ0) is 7.40. The van der Waals surface area contributed by atoms with Crippen LogP contribution in [0.15, 0.2) is 29.6 Å². The summed E-state index contributed by atoms with van der Waals surface area (Å²) in [7, 11) is 1.89. The summed E-state index contributed by atoms with van der Waals surface area (Å²) >= 11 is 0. The maximum Gasteiger partial charge on any atom is 0.226 e. The molecule has 0 saturated heterocycles. The number of hydrogen-bond acceptors (Lipinski definition) is 2. The van der Waals surface area contributed by atoms with Crippen LogP contribution in [-0.2, 0) is 7.05 Å². The summed E-state index contributed by atoms with van der Waals surface area (Å²) in [5.74, 6) is 0. The SMILES string of the molecule is C[n+]1ccccc1/C=N\O.[Cl-]. The number of nitrogens with zero attached hydrogens (tertiary/aromatic N) is 2. The van der Waals surface area contributed by atoms with Crippen LogP contribution in [0.1, 0.15) is 5.69 Å². The summed E-state index contributed by atoms with van der Waals surface area (Å²) in [6.45, 7) is 0. The molecule has 0 aromatic carbocycles. The first kappa shape index (κ1) is 9.91. The summed E-state index contributed by atoms with van der Waals surface area (Å²) in [6.07, 6.45) is 3.27. The van der Waals surface area contributed by atoms with Crippen molar-refractivity contribution in [3.8, 4) is 0 Å². The lowest BCUT2D eigenvalue weighted by atomic mass is 10.4. The predicted molar refractivity (Wildman–Crippen MR) is 37.0 cm³/mol. The van der Waals surface area contributed by atoms with Gasteiger partial charge in [0.1, 0.15) is 13.3 Å². The second-order valence-corrected chi connectivity index (χ2v) is 1.98. The van der Waals surface area contributed by atoms with Gasteiger partial charge in [0.05, 0.1) is 0 Å². The Bertz CT molecular complexity index is 250. The molecule has 0 aliphatic heterocycles. The van der Waals surface area contributed by atoms with Gasteiger partial charge in [-0.15, -0.1) is 0 Å². The van der Waals surface area contributed by atoms with E-state index in [-0.39, 0.29) is 12.4 Å². The maximum absolute atomic E-state index is 8.20. The summed E-state index contributed by atoms with van der Waals surface area (Å²) in [5.41, 5.74) is 0.866. The van der Waals surface area contributed by atoms with E-state index in [4.69, 9.17) is 5.21 Å². The Morgan fingerprint density at radius 1 is 1.55 bits per heavy atom. The van der Waals surface area contributed by atoms with Gasteiger partial charge in [0, 0.05) is 12.1 Å². The molecule has 11 heavy (non-hydrogen) atoms. The van der Waals surface area contributed by atoms with Crippen molar-refractivity contribution < 1.29 is 22.2 Å². The number of aryl methyl sites for hydroxylation is 1. The zero-order valence-corrected chi connectivity index (χ0v) is 6.86. The van der Waals surface area contributed by atoms with E-state index in [1.165, 1.54) is 6.21 Å². The highest BCUT2D eigenvalue weighted by atomic mass is 35.5. The average Bonchev–Trinajstić information content (AvgIpc) is 1.94. The fourth-order valence-corrected chi connectivity index (χ4v) is 0.730. The number of pyridine rings is 1. The second kappa shape index (κ2) is 4.68. The van der Waals surface area contributed by atoms with E-state index < -0.39 is 0 Å². The van der Waals surface area contributed by atoms with Gasteiger partial charge < -0.3 is 17.6 Å². The molecule has 0 spiro atoms. The molecule has 0 bridgehead atoms. The molecule has 0 fully saturated rings. The van der Waals surface area contributed by atoms with Crippen molar-refractivity contribution in [2.75, 3.05) is 0 Å². The van der Waals surface area contributed by atoms with Gasteiger partial charge in [0.15, 0.2) is 6.20 Å². The van der Waals surface area contributed by atoms with Crippen LogP contribution in [-0.4, -0.2) is 11.4 Å². The van der Waals surface area contributed by atoms with E-state index in [2.05, 4.69) is 5.16 Å². The van der Waals surface area contributed by atoms with Gasteiger partial charge in [0.2, 0.25) is 5.69 Å². The van der Waals surface area contributed by atoms with Crippen molar-refractivity contribution >= 4 is 6.21 Å². The first-order chi connectivity index (χ1) is 4.84. The average molecular weight is 173 g/mol. The van der Waals surface area contributed by atoms with Gasteiger partial charge in [-0.05, 0) is 6.07 Å². The topological polar surface area (TPSA) is 36.5 Å². The van der Waals surface area contributed by atoms with Crippen molar-refractivity contribution in [3.05, 3.63) is 30.1 Å². The Kier molecular flexibility index (Phi) is 4.22. The minimum atomic E-state index is 0. The van der Waals surface area contributed by atoms with Crippen molar-refractivity contribution in [2.24, 2.45) is 12.2 Å². The van der Waals surface area contributed by atoms with Crippen molar-refractivity contribution in [2.45, 2.75) is 0 Å². The Hall–Kier alpha value is -1.09. The number of halogens is 1. The fourth-order valence-electron chi connectivity index (χ4n) is 0.730. The minimum absolute atomic E-state index is 0. The number of oxime groups is 1. The Morgan fingerprint density at radius 2 is 2.27 bits per heavy atom. The molecule has 4 heteroatoms. The lowest BCUT2D eigenvalue weighted by Crippen LogP contribution is -3.00. The van der Waals surface area contributed by atoms with E-state index in [9.17, 15) is 0 Å². The maximum atomic E-state index is 8.20. The number of hydrogen-bond donors (Lipinski definition) is 1. The molecule has 1 N–H and O–H groups in total. The van der Waals surface area contributed by atoms with Crippen LogP contribution < -0.4 is 17.0 Å². The highest BCUT2D eigenvalue weighted by Crippen LogP contribution is 1.84. The molecule has 1 aromatic heterocycles. The highest BCUT2D eigenvalue weighted by molar-refractivity contribution is 5.74. The minimum Gasteiger partial charge on any atom is -1.00 e. The molecule has 3 nitrogen and oxygen atoms in total. The molecule has 0 amide bonds. The molecule has 0 unspecified atom stereocenters. The van der Waals surface area contributed by atoms with Gasteiger partial charge in [-0.3, -0.25) is 0 Å². The highest BCUT2D eigenvalue weighted by Gasteiger charge is 1.98. The number of rotatable bonds is 1. The predicted octanol–water partition coefficient (Wildman–Crippen LogP) is -2.68. The third kappa shape index (κ3) is 2.55. The van der Waals surface area contributed by atoms with Gasteiger partial charge in [-0.25, -0.2) is 4.57 Å². The molecule has 0 aliphatic carbocycles. The van der Waals surface area contributed by atoms with Gasteiger partial charge in [0.25, 0.3) is 0 Å². The zero-order valence-electron chi connectivity index (χ0n) is 6.11. The van der Waals surface area contributed by atoms with Crippen LogP contribution in [0, 0.1) is 0 Å². The molecular weight excluding hydrogens is 164 g/mol. The standard InChI is InChI=1S/C7H8N2O.ClH/c1-9-5-3-2-4-7(9)6-8-10;/h2-6H,1H3;1H. The molecule has 0 atom stereocenters. The van der Waals surface area contributed by atoms with Crippen molar-refractivity contribution in [1.29, 1.82) is 0 Å². The monoisotopic (exact) mass is 172 g/mol. The van der Waals surface area contributed by atoms with Crippen LogP contribution in [0.2, 0.25) is 0 Å². The summed E-state index contributed by atoms with van der Waals surface area (Å²) in [6, 6.07) is 5.66. The summed E-state index contributed by atoms with van der Waals surface area (Å²) in [4.78, 5) is 0. The van der Waals surface area contributed by atoms with Gasteiger partial charge in [-0.2, -0.15) is 0 Å². The molecule has 0 aliphatic rings. The van der Waals surface area contributed by atoms with E-state index in [0.717, 1.165) is 5.69 Å². The molecule has 0 radical (unpaired) electrons. The smallest absolute Gasteiger partial charge is 0.226 e. The lowest BCUT2D eigenvalue weighted by Gasteiger charge is -1.88. The largest absolute Gasteiger partial charge is 1.00 e. The van der Waals surface area contributed by atoms with E-state index >= 15 is 0 Å². The Morgan fingerprint density at radius 3 is 2.82 bits per heavy atom. The molecule has 1 aromatic rings. The summed E-state index contributed by atoms with van der Waals surface area (Å²) < 4.78 is 1.86. The molecular formula is C7H9ClN2O. The van der Waals surface area contributed by atoms with E-state index in [1.807, 2.05) is 36.0 Å². The molecule has 60 valence electrons. The Labute approximate surface area is 71.4 Å². The van der Waals surface area contributed by atoms with Crippen LogP contribution in [0.3, 0.4) is 0 Å².